The number of sulfonamides is 1. The van der Waals surface area contributed by atoms with Crippen molar-refractivity contribution in [1.82, 2.24) is 4.31 Å². The van der Waals surface area contributed by atoms with Crippen molar-refractivity contribution >= 4 is 15.9 Å². The number of primary amides is 1. The highest BCUT2D eigenvalue weighted by Crippen LogP contribution is 2.63. The largest absolute Gasteiger partial charge is 0.416 e. The van der Waals surface area contributed by atoms with Crippen molar-refractivity contribution in [2.45, 2.75) is 31.3 Å². The number of fused-ring (bicyclic) bond motifs is 1. The Morgan fingerprint density at radius 1 is 1.24 bits per heavy atom. The van der Waals surface area contributed by atoms with Crippen molar-refractivity contribution in [3.63, 3.8) is 0 Å². The average molecular weight is 376 g/mol. The van der Waals surface area contributed by atoms with Crippen LogP contribution in [0, 0.1) is 16.7 Å². The number of carbonyl (C=O) groups excluding carboxylic acids is 1. The molecular formula is C16H19F3N2O3S. The molecule has 5 nitrogen and oxygen atoms in total. The fourth-order valence-corrected chi connectivity index (χ4v) is 5.86. The van der Waals surface area contributed by atoms with E-state index in [0.29, 0.717) is 6.42 Å². The second kappa shape index (κ2) is 5.20. The quantitative estimate of drug-likeness (QED) is 0.878. The first-order chi connectivity index (χ1) is 11.3. The van der Waals surface area contributed by atoms with Crippen LogP contribution in [0.4, 0.5) is 13.2 Å². The van der Waals surface area contributed by atoms with Crippen LogP contribution in [0.1, 0.15) is 25.8 Å². The van der Waals surface area contributed by atoms with Crippen LogP contribution in [-0.2, 0) is 21.0 Å². The van der Waals surface area contributed by atoms with Gasteiger partial charge in [-0.15, -0.1) is 0 Å². The maximum Gasteiger partial charge on any atom is 0.416 e. The summed E-state index contributed by atoms with van der Waals surface area (Å²) in [5, 5.41) is 0. The molecule has 0 radical (unpaired) electrons. The lowest BCUT2D eigenvalue weighted by Gasteiger charge is -2.54. The van der Waals surface area contributed by atoms with Crippen LogP contribution in [0.3, 0.4) is 0 Å². The molecule has 3 rings (SSSR count). The van der Waals surface area contributed by atoms with Crippen molar-refractivity contribution in [3.8, 4) is 0 Å². The summed E-state index contributed by atoms with van der Waals surface area (Å²) in [7, 11) is -3.99. The van der Waals surface area contributed by atoms with Crippen LogP contribution >= 0.6 is 0 Å². The summed E-state index contributed by atoms with van der Waals surface area (Å²) < 4.78 is 64.7. The topological polar surface area (TPSA) is 80.5 Å². The molecule has 1 aliphatic carbocycles. The number of halogens is 3. The van der Waals surface area contributed by atoms with E-state index in [1.54, 1.807) is 0 Å². The third-order valence-corrected chi connectivity index (χ3v) is 7.36. The standard InChI is InChI=1S/C16H19F3N2O3S/c1-14(2)8-15(13(20)22)9-21(7-12(14)15)25(23,24)11-5-3-10(4-6-11)16(17,18)19/h3-6,12H,7-9H2,1-2H3,(H2,20,22)/t12-,15+/m1/s1. The monoisotopic (exact) mass is 376 g/mol. The predicted octanol–water partition coefficient (Wildman–Crippen LogP) is 2.23. The van der Waals surface area contributed by atoms with Gasteiger partial charge in [0, 0.05) is 13.1 Å². The zero-order valence-corrected chi connectivity index (χ0v) is 14.6. The summed E-state index contributed by atoms with van der Waals surface area (Å²) in [5.41, 5.74) is 3.51. The second-order valence-electron chi connectivity index (χ2n) is 7.56. The molecule has 1 aliphatic heterocycles. The summed E-state index contributed by atoms with van der Waals surface area (Å²) in [6, 6.07) is 3.37. The van der Waals surface area contributed by atoms with Crippen molar-refractivity contribution in [1.29, 1.82) is 0 Å². The van der Waals surface area contributed by atoms with Gasteiger partial charge in [-0.1, -0.05) is 13.8 Å². The molecule has 0 aromatic heterocycles. The average Bonchev–Trinajstić information content (AvgIpc) is 2.83. The van der Waals surface area contributed by atoms with Crippen LogP contribution in [0.15, 0.2) is 29.2 Å². The van der Waals surface area contributed by atoms with E-state index in [4.69, 9.17) is 5.73 Å². The van der Waals surface area contributed by atoms with E-state index in [1.165, 1.54) is 4.31 Å². The SMILES string of the molecule is CC1(C)C[C@]2(C(N)=O)CN(S(=O)(=O)c3ccc(C(F)(F)F)cc3)C[C@H]12. The number of hydrogen-bond donors (Lipinski definition) is 1. The number of alkyl halides is 3. The normalized spacial score (nSPS) is 29.1. The maximum atomic E-state index is 12.8. The van der Waals surface area contributed by atoms with Crippen LogP contribution in [0.25, 0.3) is 0 Å². The number of amides is 1. The molecule has 2 atom stereocenters. The molecule has 0 unspecified atom stereocenters. The van der Waals surface area contributed by atoms with Gasteiger partial charge in [0.1, 0.15) is 0 Å². The first-order valence-electron chi connectivity index (χ1n) is 7.78. The number of rotatable bonds is 3. The number of nitrogens with zero attached hydrogens (tertiary/aromatic N) is 1. The van der Waals surface area contributed by atoms with Gasteiger partial charge in [0.2, 0.25) is 15.9 Å². The van der Waals surface area contributed by atoms with Crippen molar-refractivity contribution in [2.24, 2.45) is 22.5 Å². The molecule has 9 heteroatoms. The summed E-state index contributed by atoms with van der Waals surface area (Å²) >= 11 is 0. The number of carbonyl (C=O) groups is 1. The molecule has 25 heavy (non-hydrogen) atoms. The highest BCUT2D eigenvalue weighted by atomic mass is 32.2. The third kappa shape index (κ3) is 2.64. The fourth-order valence-electron chi connectivity index (χ4n) is 4.33. The summed E-state index contributed by atoms with van der Waals surface area (Å²) in [5.74, 6) is -0.719. The van der Waals surface area contributed by atoms with E-state index in [9.17, 15) is 26.4 Å². The summed E-state index contributed by atoms with van der Waals surface area (Å²) in [6.07, 6.45) is -4.03. The highest BCUT2D eigenvalue weighted by molar-refractivity contribution is 7.89. The molecular weight excluding hydrogens is 357 g/mol. The minimum atomic E-state index is -4.53. The highest BCUT2D eigenvalue weighted by Gasteiger charge is 2.67. The van der Waals surface area contributed by atoms with Gasteiger partial charge in [-0.3, -0.25) is 4.79 Å². The predicted molar refractivity (Wildman–Crippen MR) is 83.7 cm³/mol. The second-order valence-corrected chi connectivity index (χ2v) is 9.50. The van der Waals surface area contributed by atoms with Gasteiger partial charge in [0.25, 0.3) is 0 Å². The first-order valence-corrected chi connectivity index (χ1v) is 9.22. The van der Waals surface area contributed by atoms with Gasteiger partial charge < -0.3 is 5.73 Å². The summed E-state index contributed by atoms with van der Waals surface area (Å²) in [6.45, 7) is 4.01. The molecule has 0 bridgehead atoms. The van der Waals surface area contributed by atoms with Crippen molar-refractivity contribution in [3.05, 3.63) is 29.8 Å². The third-order valence-electron chi connectivity index (χ3n) is 5.54. The molecule has 2 aliphatic rings. The molecule has 2 fully saturated rings. The minimum Gasteiger partial charge on any atom is -0.369 e. The lowest BCUT2D eigenvalue weighted by Crippen LogP contribution is -2.59. The van der Waals surface area contributed by atoms with Gasteiger partial charge in [-0.2, -0.15) is 17.5 Å². The van der Waals surface area contributed by atoms with Gasteiger partial charge in [-0.25, -0.2) is 8.42 Å². The lowest BCUT2D eigenvalue weighted by molar-refractivity contribution is -0.148. The Morgan fingerprint density at radius 2 is 1.80 bits per heavy atom. The van der Waals surface area contributed by atoms with Gasteiger partial charge >= 0.3 is 6.18 Å². The smallest absolute Gasteiger partial charge is 0.369 e. The maximum absolute atomic E-state index is 12.8. The molecule has 2 N–H and O–H groups in total. The minimum absolute atomic E-state index is 0.0280. The molecule has 1 heterocycles. The van der Waals surface area contributed by atoms with E-state index < -0.39 is 33.1 Å². The van der Waals surface area contributed by atoms with Gasteiger partial charge in [0.05, 0.1) is 15.9 Å². The van der Waals surface area contributed by atoms with E-state index in [2.05, 4.69) is 0 Å². The zero-order chi connectivity index (χ0) is 18.8. The van der Waals surface area contributed by atoms with E-state index >= 15 is 0 Å². The van der Waals surface area contributed by atoms with Gasteiger partial charge in [-0.05, 0) is 42.0 Å². The van der Waals surface area contributed by atoms with Crippen LogP contribution in [0.2, 0.25) is 0 Å². The fraction of sp³-hybridized carbons (Fsp3) is 0.562. The number of hydrogen-bond acceptors (Lipinski definition) is 3. The number of nitrogens with two attached hydrogens (primary N) is 1. The molecule has 1 aromatic rings. The molecule has 1 saturated heterocycles. The first kappa shape index (κ1) is 18.2. The molecule has 138 valence electrons. The van der Waals surface area contributed by atoms with E-state index in [-0.39, 0.29) is 29.3 Å². The van der Waals surface area contributed by atoms with Crippen LogP contribution in [0.5, 0.6) is 0 Å². The van der Waals surface area contributed by atoms with Crippen LogP contribution < -0.4 is 5.73 Å². The number of benzene rings is 1. The Balaban J connectivity index is 1.90. The van der Waals surface area contributed by atoms with E-state index in [0.717, 1.165) is 24.3 Å². The molecule has 1 amide bonds. The molecule has 1 saturated carbocycles. The Bertz CT molecular complexity index is 818. The Labute approximate surface area is 144 Å². The Morgan fingerprint density at radius 3 is 2.20 bits per heavy atom. The van der Waals surface area contributed by atoms with E-state index in [1.807, 2.05) is 13.8 Å². The van der Waals surface area contributed by atoms with Gasteiger partial charge in [0.15, 0.2) is 0 Å². The van der Waals surface area contributed by atoms with Crippen LogP contribution in [-0.4, -0.2) is 31.7 Å². The zero-order valence-electron chi connectivity index (χ0n) is 13.8. The Hall–Kier alpha value is -1.61. The Kier molecular flexibility index (Phi) is 3.78. The summed E-state index contributed by atoms with van der Waals surface area (Å²) in [4.78, 5) is 11.7. The lowest BCUT2D eigenvalue weighted by atomic mass is 9.48. The molecule has 0 spiro atoms. The van der Waals surface area contributed by atoms with Crippen molar-refractivity contribution in [2.75, 3.05) is 13.1 Å². The molecule has 1 aromatic carbocycles. The van der Waals surface area contributed by atoms with Crippen molar-refractivity contribution < 1.29 is 26.4 Å².